The predicted octanol–water partition coefficient (Wildman–Crippen LogP) is 4.90. The highest BCUT2D eigenvalue weighted by molar-refractivity contribution is 6.36. The molecule has 0 bridgehead atoms. The summed E-state index contributed by atoms with van der Waals surface area (Å²) in [7, 11) is 0. The Hall–Kier alpha value is -0.570. The lowest BCUT2D eigenvalue weighted by atomic mass is 9.76. The van der Waals surface area contributed by atoms with Gasteiger partial charge in [0, 0.05) is 22.9 Å². The molecule has 1 aromatic rings. The molecule has 2 N–H and O–H groups in total. The topological polar surface area (TPSA) is 43.1 Å². The van der Waals surface area contributed by atoms with Gasteiger partial charge in [0.15, 0.2) is 0 Å². The SMILES string of the molecule is CC(C)(C)C(CCN)CCC(=O)Cc1c(Cl)cccc1Cl. The zero-order chi connectivity index (χ0) is 16.0. The van der Waals surface area contributed by atoms with Gasteiger partial charge in [-0.05, 0) is 48.4 Å². The maximum absolute atomic E-state index is 12.2. The fraction of sp³-hybridized carbons (Fsp3) is 0.588. The fourth-order valence-electron chi connectivity index (χ4n) is 2.53. The highest BCUT2D eigenvalue weighted by atomic mass is 35.5. The molecular weight excluding hydrogens is 305 g/mol. The Kier molecular flexibility index (Phi) is 7.19. The third-order valence-electron chi connectivity index (χ3n) is 3.95. The summed E-state index contributed by atoms with van der Waals surface area (Å²) in [5.74, 6) is 0.629. The smallest absolute Gasteiger partial charge is 0.137 e. The van der Waals surface area contributed by atoms with E-state index in [-0.39, 0.29) is 11.2 Å². The van der Waals surface area contributed by atoms with Crippen LogP contribution in [0.2, 0.25) is 10.0 Å². The molecule has 1 unspecified atom stereocenters. The van der Waals surface area contributed by atoms with Gasteiger partial charge in [0.2, 0.25) is 0 Å². The Bertz CT molecular complexity index is 460. The second-order valence-corrected chi connectivity index (χ2v) is 7.41. The van der Waals surface area contributed by atoms with Crippen LogP contribution in [0.4, 0.5) is 0 Å². The zero-order valence-corrected chi connectivity index (χ0v) is 14.6. The van der Waals surface area contributed by atoms with Crippen LogP contribution in [0, 0.1) is 11.3 Å². The van der Waals surface area contributed by atoms with E-state index in [1.165, 1.54) is 0 Å². The summed E-state index contributed by atoms with van der Waals surface area (Å²) in [6.45, 7) is 7.25. The lowest BCUT2D eigenvalue weighted by Gasteiger charge is -2.30. The summed E-state index contributed by atoms with van der Waals surface area (Å²) in [5.41, 5.74) is 6.58. The van der Waals surface area contributed by atoms with Crippen molar-refractivity contribution in [1.82, 2.24) is 0 Å². The predicted molar refractivity (Wildman–Crippen MR) is 91.0 cm³/mol. The van der Waals surface area contributed by atoms with Gasteiger partial charge >= 0.3 is 0 Å². The first-order chi connectivity index (χ1) is 9.75. The minimum absolute atomic E-state index is 0.168. The highest BCUT2D eigenvalue weighted by Crippen LogP contribution is 2.32. The van der Waals surface area contributed by atoms with Crippen LogP contribution in [0.1, 0.15) is 45.6 Å². The molecular formula is C17H25Cl2NO. The van der Waals surface area contributed by atoms with E-state index in [1.807, 2.05) is 0 Å². The molecule has 0 aliphatic heterocycles. The number of rotatable bonds is 7. The Labute approximate surface area is 138 Å². The third-order valence-corrected chi connectivity index (χ3v) is 4.66. The van der Waals surface area contributed by atoms with Gasteiger partial charge in [0.05, 0.1) is 0 Å². The number of ketones is 1. The van der Waals surface area contributed by atoms with Gasteiger partial charge in [0.25, 0.3) is 0 Å². The number of carbonyl (C=O) groups is 1. The number of hydrogen-bond acceptors (Lipinski definition) is 2. The van der Waals surface area contributed by atoms with Crippen LogP contribution in [-0.4, -0.2) is 12.3 Å². The van der Waals surface area contributed by atoms with E-state index < -0.39 is 0 Å². The molecule has 2 nitrogen and oxygen atoms in total. The first kappa shape index (κ1) is 18.5. The molecule has 0 amide bonds. The second-order valence-electron chi connectivity index (χ2n) is 6.59. The molecule has 0 heterocycles. The summed E-state index contributed by atoms with van der Waals surface area (Å²) in [4.78, 5) is 12.2. The van der Waals surface area contributed by atoms with Crippen LogP contribution >= 0.6 is 23.2 Å². The molecule has 1 aromatic carbocycles. The van der Waals surface area contributed by atoms with Gasteiger partial charge in [-0.25, -0.2) is 0 Å². The van der Waals surface area contributed by atoms with Gasteiger partial charge in [-0.2, -0.15) is 0 Å². The van der Waals surface area contributed by atoms with Crippen molar-refractivity contribution < 1.29 is 4.79 Å². The Morgan fingerprint density at radius 3 is 2.24 bits per heavy atom. The van der Waals surface area contributed by atoms with Gasteiger partial charge in [-0.1, -0.05) is 50.0 Å². The van der Waals surface area contributed by atoms with Gasteiger partial charge < -0.3 is 5.73 Å². The quantitative estimate of drug-likeness (QED) is 0.773. The highest BCUT2D eigenvalue weighted by Gasteiger charge is 2.24. The third kappa shape index (κ3) is 5.98. The summed E-state index contributed by atoms with van der Waals surface area (Å²) in [6, 6.07) is 5.32. The minimum atomic E-state index is 0.168. The van der Waals surface area contributed by atoms with Gasteiger partial charge in [-0.3, -0.25) is 4.79 Å². The van der Waals surface area contributed by atoms with Crippen molar-refractivity contribution in [3.05, 3.63) is 33.8 Å². The first-order valence-corrected chi connectivity index (χ1v) is 8.16. The lowest BCUT2D eigenvalue weighted by molar-refractivity contribution is -0.118. The van der Waals surface area contributed by atoms with Crippen molar-refractivity contribution in [1.29, 1.82) is 0 Å². The van der Waals surface area contributed by atoms with Crippen molar-refractivity contribution in [2.75, 3.05) is 6.54 Å². The van der Waals surface area contributed by atoms with Crippen LogP contribution in [-0.2, 0) is 11.2 Å². The van der Waals surface area contributed by atoms with Crippen LogP contribution in [0.25, 0.3) is 0 Å². The molecule has 0 fully saturated rings. The van der Waals surface area contributed by atoms with E-state index in [0.29, 0.717) is 35.3 Å². The molecule has 1 atom stereocenters. The lowest BCUT2D eigenvalue weighted by Crippen LogP contribution is -2.24. The van der Waals surface area contributed by atoms with Crippen molar-refractivity contribution >= 4 is 29.0 Å². The summed E-state index contributed by atoms with van der Waals surface area (Å²) < 4.78 is 0. The average molecular weight is 330 g/mol. The van der Waals surface area contributed by atoms with Crippen molar-refractivity contribution in [3.8, 4) is 0 Å². The van der Waals surface area contributed by atoms with Crippen molar-refractivity contribution in [2.24, 2.45) is 17.1 Å². The molecule has 0 radical (unpaired) electrons. The molecule has 0 saturated carbocycles. The Morgan fingerprint density at radius 2 is 1.76 bits per heavy atom. The first-order valence-electron chi connectivity index (χ1n) is 7.40. The molecule has 0 spiro atoms. The molecule has 21 heavy (non-hydrogen) atoms. The van der Waals surface area contributed by atoms with Crippen LogP contribution in [0.3, 0.4) is 0 Å². The number of Topliss-reactive ketones (excluding diaryl/α,β-unsaturated/α-hetero) is 1. The van der Waals surface area contributed by atoms with E-state index in [9.17, 15) is 4.79 Å². The average Bonchev–Trinajstić information content (AvgIpc) is 2.37. The number of carbonyl (C=O) groups excluding carboxylic acids is 1. The Balaban J connectivity index is 2.61. The zero-order valence-electron chi connectivity index (χ0n) is 13.1. The Morgan fingerprint density at radius 1 is 1.19 bits per heavy atom. The summed E-state index contributed by atoms with van der Waals surface area (Å²) in [6.07, 6.45) is 2.66. The standard InChI is InChI=1S/C17H25Cl2NO/c1-17(2,3)12(9-10-20)7-8-13(21)11-14-15(18)5-4-6-16(14)19/h4-6,12H,7-11,20H2,1-3H3. The second kappa shape index (κ2) is 8.17. The number of benzene rings is 1. The van der Waals surface area contributed by atoms with E-state index in [2.05, 4.69) is 20.8 Å². The fourth-order valence-corrected chi connectivity index (χ4v) is 3.06. The number of hydrogen-bond donors (Lipinski definition) is 1. The molecule has 4 heteroatoms. The summed E-state index contributed by atoms with van der Waals surface area (Å²) in [5, 5.41) is 1.12. The van der Waals surface area contributed by atoms with Crippen LogP contribution < -0.4 is 5.73 Å². The molecule has 0 aliphatic carbocycles. The van der Waals surface area contributed by atoms with Gasteiger partial charge in [-0.15, -0.1) is 0 Å². The monoisotopic (exact) mass is 329 g/mol. The molecule has 0 aliphatic rings. The van der Waals surface area contributed by atoms with E-state index >= 15 is 0 Å². The number of halogens is 2. The molecule has 0 saturated heterocycles. The number of nitrogens with two attached hydrogens (primary N) is 1. The van der Waals surface area contributed by atoms with Crippen LogP contribution in [0.15, 0.2) is 18.2 Å². The van der Waals surface area contributed by atoms with Crippen LogP contribution in [0.5, 0.6) is 0 Å². The molecule has 118 valence electrons. The van der Waals surface area contributed by atoms with Crippen molar-refractivity contribution in [3.63, 3.8) is 0 Å². The van der Waals surface area contributed by atoms with E-state index in [0.717, 1.165) is 18.4 Å². The molecule has 0 aromatic heterocycles. The molecule has 1 rings (SSSR count). The minimum Gasteiger partial charge on any atom is -0.330 e. The maximum atomic E-state index is 12.2. The van der Waals surface area contributed by atoms with Crippen molar-refractivity contribution in [2.45, 2.75) is 46.5 Å². The van der Waals surface area contributed by atoms with E-state index in [4.69, 9.17) is 28.9 Å². The largest absolute Gasteiger partial charge is 0.330 e. The summed E-state index contributed by atoms with van der Waals surface area (Å²) >= 11 is 12.2. The normalized spacial score (nSPS) is 13.2. The maximum Gasteiger partial charge on any atom is 0.137 e. The van der Waals surface area contributed by atoms with E-state index in [1.54, 1.807) is 18.2 Å². The van der Waals surface area contributed by atoms with Gasteiger partial charge in [0.1, 0.15) is 5.78 Å².